The number of piperazine rings is 1. The van der Waals surface area contributed by atoms with Crippen molar-refractivity contribution in [2.24, 2.45) is 0 Å². The summed E-state index contributed by atoms with van der Waals surface area (Å²) in [5.41, 5.74) is 3.76. The molecule has 0 radical (unpaired) electrons. The fourth-order valence-electron chi connectivity index (χ4n) is 3.39. The molecule has 3 aromatic rings. The van der Waals surface area contributed by atoms with E-state index in [0.717, 1.165) is 49.8 Å². The first-order valence-corrected chi connectivity index (χ1v) is 8.81. The van der Waals surface area contributed by atoms with Crippen molar-refractivity contribution < 1.29 is 4.42 Å². The molecule has 4 rings (SSSR count). The Kier molecular flexibility index (Phi) is 4.53. The minimum Gasteiger partial charge on any atom is -0.461 e. The highest BCUT2D eigenvalue weighted by Gasteiger charge is 2.17. The lowest BCUT2D eigenvalue weighted by molar-refractivity contribution is 0.250. The molecule has 0 aliphatic carbocycles. The van der Waals surface area contributed by atoms with E-state index in [4.69, 9.17) is 4.42 Å². The van der Waals surface area contributed by atoms with Crippen molar-refractivity contribution in [1.82, 2.24) is 9.88 Å². The molecule has 0 bridgehead atoms. The number of hydrogen-bond acceptors (Lipinski definition) is 4. The van der Waals surface area contributed by atoms with Gasteiger partial charge in [-0.05, 0) is 42.8 Å². The summed E-state index contributed by atoms with van der Waals surface area (Å²) in [6.45, 7) is 7.23. The molecule has 0 atom stereocenters. The van der Waals surface area contributed by atoms with Crippen LogP contribution >= 0.6 is 0 Å². The zero-order valence-corrected chi connectivity index (χ0v) is 14.6. The van der Waals surface area contributed by atoms with Crippen molar-refractivity contribution in [3.8, 4) is 11.3 Å². The van der Waals surface area contributed by atoms with E-state index in [1.165, 1.54) is 11.3 Å². The maximum absolute atomic E-state index is 5.75. The van der Waals surface area contributed by atoms with Crippen molar-refractivity contribution in [2.75, 3.05) is 31.1 Å². The second-order valence-electron chi connectivity index (χ2n) is 6.58. The summed E-state index contributed by atoms with van der Waals surface area (Å²) in [5.74, 6) is 1.90. The predicted molar refractivity (Wildman–Crippen MR) is 101 cm³/mol. The Labute approximate surface area is 148 Å². The smallest absolute Gasteiger partial charge is 0.134 e. The molecule has 2 aromatic heterocycles. The van der Waals surface area contributed by atoms with E-state index < -0.39 is 0 Å². The Bertz CT molecular complexity index is 820. The van der Waals surface area contributed by atoms with Gasteiger partial charge in [0.2, 0.25) is 0 Å². The van der Waals surface area contributed by atoms with E-state index >= 15 is 0 Å². The highest BCUT2D eigenvalue weighted by atomic mass is 16.3. The standard InChI is InChI=1S/C21H23N3O/c1-17-5-6-21(25-17)19-4-2-3-18(15-19)16-23-11-13-24(14-12-23)20-7-9-22-10-8-20/h2-10,15H,11-14,16H2,1H3. The lowest BCUT2D eigenvalue weighted by Gasteiger charge is -2.36. The molecule has 0 amide bonds. The molecule has 4 heteroatoms. The monoisotopic (exact) mass is 333 g/mol. The van der Waals surface area contributed by atoms with Gasteiger partial charge in [-0.3, -0.25) is 9.88 Å². The van der Waals surface area contributed by atoms with Crippen LogP contribution < -0.4 is 4.90 Å². The van der Waals surface area contributed by atoms with Crippen LogP contribution in [0.1, 0.15) is 11.3 Å². The molecule has 128 valence electrons. The summed E-state index contributed by atoms with van der Waals surface area (Å²) >= 11 is 0. The third-order valence-electron chi connectivity index (χ3n) is 4.76. The molecule has 1 saturated heterocycles. The highest BCUT2D eigenvalue weighted by molar-refractivity contribution is 5.58. The van der Waals surface area contributed by atoms with Gasteiger partial charge >= 0.3 is 0 Å². The predicted octanol–water partition coefficient (Wildman–Crippen LogP) is 3.97. The number of furan rings is 1. The minimum atomic E-state index is 0.946. The van der Waals surface area contributed by atoms with Crippen LogP contribution in [-0.4, -0.2) is 36.1 Å². The number of pyridine rings is 1. The van der Waals surface area contributed by atoms with Crippen LogP contribution in [0.15, 0.2) is 65.3 Å². The number of nitrogens with zero attached hydrogens (tertiary/aromatic N) is 3. The summed E-state index contributed by atoms with van der Waals surface area (Å²) < 4.78 is 5.75. The Morgan fingerprint density at radius 2 is 1.76 bits per heavy atom. The molecule has 3 heterocycles. The van der Waals surface area contributed by atoms with E-state index in [2.05, 4.69) is 51.2 Å². The molecule has 25 heavy (non-hydrogen) atoms. The van der Waals surface area contributed by atoms with Crippen LogP contribution in [-0.2, 0) is 6.54 Å². The summed E-state index contributed by atoms with van der Waals surface area (Å²) in [7, 11) is 0. The van der Waals surface area contributed by atoms with E-state index in [-0.39, 0.29) is 0 Å². The van der Waals surface area contributed by atoms with Crippen molar-refractivity contribution in [3.63, 3.8) is 0 Å². The molecule has 0 unspecified atom stereocenters. The maximum Gasteiger partial charge on any atom is 0.134 e. The molecule has 1 aliphatic rings. The lowest BCUT2D eigenvalue weighted by atomic mass is 10.1. The molecular weight excluding hydrogens is 310 g/mol. The van der Waals surface area contributed by atoms with Crippen LogP contribution in [0.4, 0.5) is 5.69 Å². The van der Waals surface area contributed by atoms with Crippen molar-refractivity contribution in [3.05, 3.63) is 72.2 Å². The normalized spacial score (nSPS) is 15.5. The second-order valence-corrected chi connectivity index (χ2v) is 6.58. The lowest BCUT2D eigenvalue weighted by Crippen LogP contribution is -2.45. The summed E-state index contributed by atoms with van der Waals surface area (Å²) in [6.07, 6.45) is 3.73. The molecule has 4 nitrogen and oxygen atoms in total. The average molecular weight is 333 g/mol. The van der Waals surface area contributed by atoms with Gasteiger partial charge in [-0.1, -0.05) is 18.2 Å². The third-order valence-corrected chi connectivity index (χ3v) is 4.76. The number of hydrogen-bond donors (Lipinski definition) is 0. The van der Waals surface area contributed by atoms with Crippen LogP contribution in [0.25, 0.3) is 11.3 Å². The van der Waals surface area contributed by atoms with Gasteiger partial charge in [-0.2, -0.15) is 0 Å². The largest absolute Gasteiger partial charge is 0.461 e. The van der Waals surface area contributed by atoms with Gasteiger partial charge in [-0.15, -0.1) is 0 Å². The van der Waals surface area contributed by atoms with Crippen molar-refractivity contribution in [2.45, 2.75) is 13.5 Å². The first kappa shape index (κ1) is 15.9. The molecule has 0 N–H and O–H groups in total. The number of aromatic nitrogens is 1. The summed E-state index contributed by atoms with van der Waals surface area (Å²) in [6, 6.07) is 16.9. The van der Waals surface area contributed by atoms with Crippen molar-refractivity contribution in [1.29, 1.82) is 0 Å². The molecule has 1 aliphatic heterocycles. The fraction of sp³-hybridized carbons (Fsp3) is 0.286. The molecular formula is C21H23N3O. The van der Waals surface area contributed by atoms with E-state index in [9.17, 15) is 0 Å². The Morgan fingerprint density at radius 1 is 0.960 bits per heavy atom. The number of benzene rings is 1. The quantitative estimate of drug-likeness (QED) is 0.723. The first-order chi connectivity index (χ1) is 12.3. The van der Waals surface area contributed by atoms with E-state index in [1.807, 2.05) is 31.5 Å². The van der Waals surface area contributed by atoms with Gasteiger partial charge < -0.3 is 9.32 Å². The Balaban J connectivity index is 1.39. The molecule has 0 saturated carbocycles. The van der Waals surface area contributed by atoms with Crippen LogP contribution in [0.3, 0.4) is 0 Å². The number of aryl methyl sites for hydroxylation is 1. The number of anilines is 1. The average Bonchev–Trinajstić information content (AvgIpc) is 3.10. The Hall–Kier alpha value is -2.59. The summed E-state index contributed by atoms with van der Waals surface area (Å²) in [5, 5.41) is 0. The Morgan fingerprint density at radius 3 is 2.48 bits per heavy atom. The van der Waals surface area contributed by atoms with Crippen LogP contribution in [0, 0.1) is 6.92 Å². The van der Waals surface area contributed by atoms with Gasteiger partial charge in [0.25, 0.3) is 0 Å². The van der Waals surface area contributed by atoms with Crippen molar-refractivity contribution >= 4 is 5.69 Å². The molecule has 1 fully saturated rings. The molecule has 0 spiro atoms. The highest BCUT2D eigenvalue weighted by Crippen LogP contribution is 2.24. The zero-order valence-electron chi connectivity index (χ0n) is 14.6. The van der Waals surface area contributed by atoms with Crippen LogP contribution in [0.2, 0.25) is 0 Å². The van der Waals surface area contributed by atoms with Gasteiger partial charge in [0.1, 0.15) is 11.5 Å². The topological polar surface area (TPSA) is 32.5 Å². The fourth-order valence-corrected chi connectivity index (χ4v) is 3.39. The van der Waals surface area contributed by atoms with Gasteiger partial charge in [0.15, 0.2) is 0 Å². The van der Waals surface area contributed by atoms with Crippen LogP contribution in [0.5, 0.6) is 0 Å². The third kappa shape index (κ3) is 3.74. The molecule has 1 aromatic carbocycles. The van der Waals surface area contributed by atoms with Gasteiger partial charge in [0.05, 0.1) is 0 Å². The van der Waals surface area contributed by atoms with E-state index in [1.54, 1.807) is 0 Å². The second kappa shape index (κ2) is 7.11. The number of rotatable bonds is 4. The SMILES string of the molecule is Cc1ccc(-c2cccc(CN3CCN(c4ccncc4)CC3)c2)o1. The zero-order chi connectivity index (χ0) is 17.1. The van der Waals surface area contributed by atoms with Gasteiger partial charge in [-0.25, -0.2) is 0 Å². The van der Waals surface area contributed by atoms with E-state index in [0.29, 0.717) is 0 Å². The van der Waals surface area contributed by atoms with Gasteiger partial charge in [0, 0.05) is 56.4 Å². The summed E-state index contributed by atoms with van der Waals surface area (Å²) in [4.78, 5) is 9.05. The first-order valence-electron chi connectivity index (χ1n) is 8.81. The minimum absolute atomic E-state index is 0.946. The maximum atomic E-state index is 5.75.